The molecule has 0 aliphatic carbocycles. The Kier molecular flexibility index (Phi) is 2.24. The maximum Gasteiger partial charge on any atom is 0.244 e. The highest BCUT2D eigenvalue weighted by atomic mass is 79.9. The molecule has 13 heavy (non-hydrogen) atoms. The molecule has 0 N–H and O–H groups in total. The van der Waals surface area contributed by atoms with E-state index in [1.807, 2.05) is 27.7 Å². The fraction of sp³-hybridized carbons (Fsp3) is 0.700. The Balaban J connectivity index is 3.08. The SMILES string of the molecule is C#CN1C(=O)C(C)(C(C)Br)C1(C)C. The molecule has 0 bridgehead atoms. The van der Waals surface area contributed by atoms with Gasteiger partial charge in [-0.15, -0.1) is 0 Å². The minimum atomic E-state index is -0.390. The number of terminal acetylenes is 1. The number of rotatable bonds is 1. The molecule has 0 saturated carbocycles. The molecule has 0 aromatic heterocycles. The molecule has 1 heterocycles. The molecular weight excluding hydrogens is 230 g/mol. The van der Waals surface area contributed by atoms with Gasteiger partial charge in [-0.2, -0.15) is 0 Å². The van der Waals surface area contributed by atoms with Crippen molar-refractivity contribution in [1.82, 2.24) is 4.90 Å². The van der Waals surface area contributed by atoms with E-state index in [0.717, 1.165) is 0 Å². The number of alkyl halides is 1. The molecule has 0 aromatic rings. The fourth-order valence-corrected chi connectivity index (χ4v) is 2.56. The standard InChI is InChI=1S/C10H14BrNO/c1-6-12-8(13)10(5,7(2)11)9(12,3)4/h1,7H,2-5H3. The average Bonchev–Trinajstić information content (AvgIpc) is 2.02. The topological polar surface area (TPSA) is 20.3 Å². The number of carbonyl (C=O) groups is 1. The molecule has 0 aromatic carbocycles. The lowest BCUT2D eigenvalue weighted by Crippen LogP contribution is -2.75. The highest BCUT2D eigenvalue weighted by molar-refractivity contribution is 9.09. The molecular formula is C10H14BrNO. The van der Waals surface area contributed by atoms with Gasteiger partial charge >= 0.3 is 0 Å². The van der Waals surface area contributed by atoms with Crippen molar-refractivity contribution in [3.05, 3.63) is 0 Å². The van der Waals surface area contributed by atoms with Gasteiger partial charge in [-0.1, -0.05) is 29.3 Å². The largest absolute Gasteiger partial charge is 0.273 e. The third-order valence-electron chi connectivity index (χ3n) is 3.40. The molecule has 2 nitrogen and oxygen atoms in total. The molecule has 1 rings (SSSR count). The van der Waals surface area contributed by atoms with Gasteiger partial charge in [-0.05, 0) is 20.8 Å². The monoisotopic (exact) mass is 243 g/mol. The van der Waals surface area contributed by atoms with Crippen LogP contribution >= 0.6 is 15.9 Å². The van der Waals surface area contributed by atoms with Crippen molar-refractivity contribution in [3.63, 3.8) is 0 Å². The molecule has 1 amide bonds. The van der Waals surface area contributed by atoms with Gasteiger partial charge in [0.15, 0.2) is 0 Å². The Hall–Kier alpha value is -0.490. The molecule has 72 valence electrons. The zero-order chi connectivity index (χ0) is 10.4. The van der Waals surface area contributed by atoms with Crippen LogP contribution in [0.2, 0.25) is 0 Å². The quantitative estimate of drug-likeness (QED) is 0.392. The summed E-state index contributed by atoms with van der Waals surface area (Å²) in [5.41, 5.74) is -0.652. The fourth-order valence-electron chi connectivity index (χ4n) is 1.80. The Morgan fingerprint density at radius 3 is 2.23 bits per heavy atom. The van der Waals surface area contributed by atoms with Gasteiger partial charge in [0.2, 0.25) is 5.91 Å². The van der Waals surface area contributed by atoms with E-state index in [2.05, 4.69) is 22.0 Å². The lowest BCUT2D eigenvalue weighted by Gasteiger charge is -2.59. The highest BCUT2D eigenvalue weighted by Gasteiger charge is 2.65. The summed E-state index contributed by atoms with van der Waals surface area (Å²) >= 11 is 3.46. The Bertz CT molecular complexity index is 290. The van der Waals surface area contributed by atoms with Crippen LogP contribution in [-0.4, -0.2) is 21.2 Å². The first kappa shape index (κ1) is 10.6. The van der Waals surface area contributed by atoms with Crippen LogP contribution in [0.5, 0.6) is 0 Å². The van der Waals surface area contributed by atoms with Crippen LogP contribution in [0.25, 0.3) is 0 Å². The Labute approximate surface area is 87.8 Å². The van der Waals surface area contributed by atoms with Crippen molar-refractivity contribution in [2.75, 3.05) is 0 Å². The summed E-state index contributed by atoms with van der Waals surface area (Å²) in [6.07, 6.45) is 5.26. The van der Waals surface area contributed by atoms with Crippen LogP contribution in [0, 0.1) is 17.9 Å². The number of β-lactam (4-membered cyclic amide) rings is 1. The van der Waals surface area contributed by atoms with Gasteiger partial charge in [-0.25, -0.2) is 0 Å². The van der Waals surface area contributed by atoms with Crippen LogP contribution in [0.1, 0.15) is 27.7 Å². The van der Waals surface area contributed by atoms with Gasteiger partial charge in [-0.3, -0.25) is 9.69 Å². The van der Waals surface area contributed by atoms with E-state index < -0.39 is 0 Å². The van der Waals surface area contributed by atoms with E-state index >= 15 is 0 Å². The number of nitrogens with zero attached hydrogens (tertiary/aromatic N) is 1. The smallest absolute Gasteiger partial charge is 0.244 e. The summed E-state index contributed by atoms with van der Waals surface area (Å²) in [7, 11) is 0. The minimum Gasteiger partial charge on any atom is -0.273 e. The molecule has 1 aliphatic heterocycles. The van der Waals surface area contributed by atoms with Crippen molar-refractivity contribution in [1.29, 1.82) is 0 Å². The van der Waals surface area contributed by atoms with E-state index in [4.69, 9.17) is 6.42 Å². The minimum absolute atomic E-state index is 0.0318. The number of hydrogen-bond acceptors (Lipinski definition) is 1. The zero-order valence-corrected chi connectivity index (χ0v) is 9.97. The van der Waals surface area contributed by atoms with Crippen molar-refractivity contribution >= 4 is 21.8 Å². The Morgan fingerprint density at radius 2 is 2.00 bits per heavy atom. The lowest BCUT2D eigenvalue weighted by molar-refractivity contribution is -0.174. The molecule has 2 unspecified atom stereocenters. The van der Waals surface area contributed by atoms with Gasteiger partial charge in [0.1, 0.15) is 0 Å². The Morgan fingerprint density at radius 1 is 1.54 bits per heavy atom. The van der Waals surface area contributed by atoms with Gasteiger partial charge in [0.05, 0.1) is 11.0 Å². The van der Waals surface area contributed by atoms with E-state index in [9.17, 15) is 4.79 Å². The van der Waals surface area contributed by atoms with Crippen LogP contribution in [0.15, 0.2) is 0 Å². The second-order valence-corrected chi connectivity index (χ2v) is 5.52. The van der Waals surface area contributed by atoms with Crippen LogP contribution < -0.4 is 0 Å². The summed E-state index contributed by atoms with van der Waals surface area (Å²) < 4.78 is 0. The van der Waals surface area contributed by atoms with Crippen LogP contribution in [0.3, 0.4) is 0 Å². The maximum absolute atomic E-state index is 11.7. The second kappa shape index (κ2) is 2.75. The number of hydrogen-bond donors (Lipinski definition) is 0. The molecule has 1 fully saturated rings. The average molecular weight is 244 g/mol. The number of amides is 1. The molecule has 1 saturated heterocycles. The summed E-state index contributed by atoms with van der Waals surface area (Å²) in [6, 6.07) is 2.41. The number of carbonyl (C=O) groups excluding carboxylic acids is 1. The van der Waals surface area contributed by atoms with Crippen LogP contribution in [-0.2, 0) is 4.79 Å². The second-order valence-electron chi connectivity index (χ2n) is 4.15. The molecule has 0 spiro atoms. The molecule has 3 heteroatoms. The zero-order valence-electron chi connectivity index (χ0n) is 8.39. The third-order valence-corrected chi connectivity index (χ3v) is 4.32. The predicted molar refractivity (Wildman–Crippen MR) is 56.3 cm³/mol. The van der Waals surface area contributed by atoms with E-state index in [1.165, 1.54) is 4.90 Å². The van der Waals surface area contributed by atoms with Gasteiger partial charge in [0, 0.05) is 10.9 Å². The van der Waals surface area contributed by atoms with Crippen LogP contribution in [0.4, 0.5) is 0 Å². The van der Waals surface area contributed by atoms with Crippen molar-refractivity contribution in [2.45, 2.75) is 38.1 Å². The number of likely N-dealkylation sites (tertiary alicyclic amines) is 1. The highest BCUT2D eigenvalue weighted by Crippen LogP contribution is 2.51. The summed E-state index contributed by atoms with van der Waals surface area (Å²) in [4.78, 5) is 13.3. The molecule has 1 aliphatic rings. The van der Waals surface area contributed by atoms with E-state index in [0.29, 0.717) is 0 Å². The van der Waals surface area contributed by atoms with Crippen molar-refractivity contribution < 1.29 is 4.79 Å². The van der Waals surface area contributed by atoms with Crippen molar-refractivity contribution in [3.8, 4) is 12.5 Å². The number of halogens is 1. The summed E-state index contributed by atoms with van der Waals surface area (Å²) in [6.45, 7) is 7.91. The normalized spacial score (nSPS) is 33.5. The lowest BCUT2D eigenvalue weighted by atomic mass is 9.62. The van der Waals surface area contributed by atoms with Crippen molar-refractivity contribution in [2.24, 2.45) is 5.41 Å². The first-order valence-electron chi connectivity index (χ1n) is 4.25. The first-order valence-corrected chi connectivity index (χ1v) is 5.16. The summed E-state index contributed by atoms with van der Waals surface area (Å²) in [5, 5.41) is 0. The van der Waals surface area contributed by atoms with Gasteiger partial charge in [0.25, 0.3) is 0 Å². The maximum atomic E-state index is 11.7. The first-order chi connectivity index (χ1) is 5.80. The molecule has 0 radical (unpaired) electrons. The predicted octanol–water partition coefficient (Wildman–Crippen LogP) is 1.99. The van der Waals surface area contributed by atoms with E-state index in [-0.39, 0.29) is 21.7 Å². The molecule has 2 atom stereocenters. The van der Waals surface area contributed by atoms with E-state index in [1.54, 1.807) is 0 Å². The third kappa shape index (κ3) is 0.985. The van der Waals surface area contributed by atoms with Gasteiger partial charge < -0.3 is 0 Å². The summed E-state index contributed by atoms with van der Waals surface area (Å²) in [5.74, 6) is 0.0318.